The summed E-state index contributed by atoms with van der Waals surface area (Å²) in [6.07, 6.45) is 3.99. The molecular formula is C18H25NO3. The summed E-state index contributed by atoms with van der Waals surface area (Å²) in [7, 11) is 0. The fraction of sp³-hybridized carbons (Fsp3) is 0.500. The Labute approximate surface area is 132 Å². The highest BCUT2D eigenvalue weighted by Gasteiger charge is 2.29. The van der Waals surface area contributed by atoms with Crippen LogP contribution >= 0.6 is 0 Å². The average Bonchev–Trinajstić information content (AvgIpc) is 2.92. The zero-order chi connectivity index (χ0) is 16.2. The first-order valence-electron chi connectivity index (χ1n) is 7.71. The molecule has 0 unspecified atom stereocenters. The highest BCUT2D eigenvalue weighted by molar-refractivity contribution is 5.82. The molecule has 2 rings (SSSR count). The number of rotatable bonds is 5. The highest BCUT2D eigenvalue weighted by atomic mass is 16.5. The quantitative estimate of drug-likeness (QED) is 0.822. The molecule has 1 aromatic rings. The van der Waals surface area contributed by atoms with Crippen LogP contribution in [-0.4, -0.2) is 29.3 Å². The largest absolute Gasteiger partial charge is 0.396 e. The Morgan fingerprint density at radius 3 is 2.55 bits per heavy atom. The van der Waals surface area contributed by atoms with Crippen molar-refractivity contribution >= 4 is 5.91 Å². The molecule has 3 atom stereocenters. The Morgan fingerprint density at radius 1 is 1.32 bits per heavy atom. The average molecular weight is 303 g/mol. The zero-order valence-corrected chi connectivity index (χ0v) is 13.5. The first-order chi connectivity index (χ1) is 10.4. The summed E-state index contributed by atoms with van der Waals surface area (Å²) in [4.78, 5) is 12.6. The lowest BCUT2D eigenvalue weighted by Gasteiger charge is -2.28. The molecule has 22 heavy (non-hydrogen) atoms. The van der Waals surface area contributed by atoms with Gasteiger partial charge >= 0.3 is 0 Å². The predicted molar refractivity (Wildman–Crippen MR) is 86.3 cm³/mol. The second-order valence-electron chi connectivity index (χ2n) is 6.70. The van der Waals surface area contributed by atoms with Crippen molar-refractivity contribution < 1.29 is 14.6 Å². The van der Waals surface area contributed by atoms with Crippen LogP contribution in [0.1, 0.15) is 38.9 Å². The molecule has 1 aromatic carbocycles. The van der Waals surface area contributed by atoms with Crippen LogP contribution in [0.15, 0.2) is 42.5 Å². The van der Waals surface area contributed by atoms with Gasteiger partial charge in [-0.05, 0) is 32.8 Å². The van der Waals surface area contributed by atoms with Gasteiger partial charge < -0.3 is 15.2 Å². The second kappa shape index (κ2) is 7.07. The third-order valence-electron chi connectivity index (χ3n) is 3.55. The minimum Gasteiger partial charge on any atom is -0.396 e. The van der Waals surface area contributed by atoms with Crippen molar-refractivity contribution in [2.75, 3.05) is 6.61 Å². The third-order valence-corrected chi connectivity index (χ3v) is 3.55. The van der Waals surface area contributed by atoms with Gasteiger partial charge in [0.2, 0.25) is 0 Å². The SMILES string of the molecule is CC(C)(C)O[C@H](C(=O)N[C@@H]1C=C[C@H](CO)C1)c1ccccc1. The molecule has 4 nitrogen and oxygen atoms in total. The molecule has 120 valence electrons. The summed E-state index contributed by atoms with van der Waals surface area (Å²) >= 11 is 0. The van der Waals surface area contributed by atoms with E-state index in [-0.39, 0.29) is 24.5 Å². The molecule has 0 aromatic heterocycles. The van der Waals surface area contributed by atoms with Crippen molar-refractivity contribution in [2.45, 2.75) is 44.9 Å². The van der Waals surface area contributed by atoms with E-state index in [1.807, 2.05) is 63.3 Å². The number of aliphatic hydroxyl groups is 1. The van der Waals surface area contributed by atoms with Gasteiger partial charge in [-0.3, -0.25) is 4.79 Å². The van der Waals surface area contributed by atoms with Crippen molar-refractivity contribution in [3.05, 3.63) is 48.0 Å². The topological polar surface area (TPSA) is 58.6 Å². The first kappa shape index (κ1) is 16.7. The molecule has 0 radical (unpaired) electrons. The van der Waals surface area contributed by atoms with E-state index < -0.39 is 11.7 Å². The summed E-state index contributed by atoms with van der Waals surface area (Å²) in [6.45, 7) is 5.93. The van der Waals surface area contributed by atoms with Gasteiger partial charge in [-0.25, -0.2) is 0 Å². The third kappa shape index (κ3) is 4.68. The van der Waals surface area contributed by atoms with Crippen LogP contribution in [0.25, 0.3) is 0 Å². The van der Waals surface area contributed by atoms with E-state index >= 15 is 0 Å². The highest BCUT2D eigenvalue weighted by Crippen LogP contribution is 2.25. The molecule has 0 aliphatic heterocycles. The van der Waals surface area contributed by atoms with Crippen LogP contribution in [0.5, 0.6) is 0 Å². The maximum absolute atomic E-state index is 12.6. The Balaban J connectivity index is 2.08. The lowest BCUT2D eigenvalue weighted by Crippen LogP contribution is -2.39. The van der Waals surface area contributed by atoms with Gasteiger partial charge in [-0.15, -0.1) is 0 Å². The van der Waals surface area contributed by atoms with Crippen LogP contribution in [0.3, 0.4) is 0 Å². The van der Waals surface area contributed by atoms with Gasteiger partial charge in [0.05, 0.1) is 5.60 Å². The summed E-state index contributed by atoms with van der Waals surface area (Å²) in [6, 6.07) is 9.48. The zero-order valence-electron chi connectivity index (χ0n) is 13.5. The first-order valence-corrected chi connectivity index (χ1v) is 7.71. The maximum Gasteiger partial charge on any atom is 0.254 e. The summed E-state index contributed by atoms with van der Waals surface area (Å²) in [5, 5.41) is 12.2. The number of ether oxygens (including phenoxy) is 1. The van der Waals surface area contributed by atoms with E-state index in [4.69, 9.17) is 9.84 Å². The van der Waals surface area contributed by atoms with Crippen molar-refractivity contribution in [3.63, 3.8) is 0 Å². The summed E-state index contributed by atoms with van der Waals surface area (Å²) in [5.74, 6) is -0.0154. The maximum atomic E-state index is 12.6. The van der Waals surface area contributed by atoms with E-state index in [0.29, 0.717) is 0 Å². The van der Waals surface area contributed by atoms with E-state index in [1.165, 1.54) is 0 Å². The molecular weight excluding hydrogens is 278 g/mol. The van der Waals surface area contributed by atoms with Crippen LogP contribution in [0.2, 0.25) is 0 Å². The monoisotopic (exact) mass is 303 g/mol. The van der Waals surface area contributed by atoms with Crippen molar-refractivity contribution in [1.82, 2.24) is 5.32 Å². The molecule has 1 aliphatic carbocycles. The van der Waals surface area contributed by atoms with Crippen molar-refractivity contribution in [3.8, 4) is 0 Å². The number of benzene rings is 1. The standard InChI is InChI=1S/C18H25NO3/c1-18(2,3)22-16(14-7-5-4-6-8-14)17(21)19-15-10-9-13(11-15)12-20/h4-10,13,15-16,20H,11-12H2,1-3H3,(H,19,21)/t13-,15+,16-/m0/s1. The van der Waals surface area contributed by atoms with Crippen LogP contribution < -0.4 is 5.32 Å². The van der Waals surface area contributed by atoms with Gasteiger partial charge in [0.1, 0.15) is 0 Å². The van der Waals surface area contributed by atoms with Gasteiger partial charge in [0, 0.05) is 18.6 Å². The molecule has 0 bridgehead atoms. The Kier molecular flexibility index (Phi) is 5.37. The molecule has 4 heteroatoms. The number of carbonyl (C=O) groups excluding carboxylic acids is 1. The fourth-order valence-electron chi connectivity index (χ4n) is 2.53. The van der Waals surface area contributed by atoms with Gasteiger partial charge in [0.25, 0.3) is 5.91 Å². The number of nitrogens with one attached hydrogen (secondary N) is 1. The summed E-state index contributed by atoms with van der Waals surface area (Å²) in [5.41, 5.74) is 0.424. The molecule has 2 N–H and O–H groups in total. The molecule has 1 aliphatic rings. The minimum atomic E-state index is -0.636. The van der Waals surface area contributed by atoms with Crippen LogP contribution in [0.4, 0.5) is 0 Å². The molecule has 1 amide bonds. The van der Waals surface area contributed by atoms with Crippen LogP contribution in [0, 0.1) is 5.92 Å². The molecule has 0 fully saturated rings. The lowest BCUT2D eigenvalue weighted by atomic mass is 10.1. The van der Waals surface area contributed by atoms with E-state index in [1.54, 1.807) is 0 Å². The van der Waals surface area contributed by atoms with E-state index in [9.17, 15) is 4.79 Å². The van der Waals surface area contributed by atoms with Gasteiger partial charge in [-0.2, -0.15) is 0 Å². The number of hydrogen-bond acceptors (Lipinski definition) is 3. The number of aliphatic hydroxyl groups excluding tert-OH is 1. The van der Waals surface area contributed by atoms with Crippen LogP contribution in [-0.2, 0) is 9.53 Å². The molecule has 0 spiro atoms. The molecule has 0 heterocycles. The smallest absolute Gasteiger partial charge is 0.254 e. The fourth-order valence-corrected chi connectivity index (χ4v) is 2.53. The normalized spacial score (nSPS) is 22.5. The van der Waals surface area contributed by atoms with Gasteiger partial charge in [-0.1, -0.05) is 42.5 Å². The lowest BCUT2D eigenvalue weighted by molar-refractivity contribution is -0.143. The second-order valence-corrected chi connectivity index (χ2v) is 6.70. The van der Waals surface area contributed by atoms with Gasteiger partial charge in [0.15, 0.2) is 6.10 Å². The Bertz CT molecular complexity index is 519. The number of carbonyl (C=O) groups is 1. The minimum absolute atomic E-state index is 0.0422. The van der Waals surface area contributed by atoms with Crippen molar-refractivity contribution in [1.29, 1.82) is 0 Å². The Morgan fingerprint density at radius 2 is 2.00 bits per heavy atom. The summed E-state index contributed by atoms with van der Waals surface area (Å²) < 4.78 is 5.96. The molecule has 0 saturated carbocycles. The Hall–Kier alpha value is -1.65. The number of hydrogen-bond donors (Lipinski definition) is 2. The van der Waals surface area contributed by atoms with E-state index in [0.717, 1.165) is 12.0 Å². The predicted octanol–water partition coefficient (Wildman–Crippen LogP) is 2.60. The van der Waals surface area contributed by atoms with E-state index in [2.05, 4.69) is 5.32 Å². The number of amides is 1. The molecule has 0 saturated heterocycles. The van der Waals surface area contributed by atoms with Crippen molar-refractivity contribution in [2.24, 2.45) is 5.92 Å².